The second-order valence-corrected chi connectivity index (χ2v) is 5.38. The highest BCUT2D eigenvalue weighted by molar-refractivity contribution is 5.48. The number of nitrogens with one attached hydrogen (secondary N) is 1. The molecule has 0 bridgehead atoms. The number of nitrogen functional groups attached to an aromatic ring is 1. The fourth-order valence-corrected chi connectivity index (χ4v) is 2.83. The van der Waals surface area contributed by atoms with Crippen LogP contribution in [0.3, 0.4) is 0 Å². The SMILES string of the molecule is Cc1cc(C#N)nc(NC2CCCc3cc(N)ccc32)n1. The van der Waals surface area contributed by atoms with Gasteiger partial charge in [0.05, 0.1) is 6.04 Å². The third-order valence-electron chi connectivity index (χ3n) is 3.75. The highest BCUT2D eigenvalue weighted by atomic mass is 15.1. The normalized spacial score (nSPS) is 16.9. The second kappa shape index (κ2) is 5.41. The van der Waals surface area contributed by atoms with E-state index in [1.54, 1.807) is 6.07 Å². The zero-order valence-electron chi connectivity index (χ0n) is 11.9. The van der Waals surface area contributed by atoms with Crippen LogP contribution in [-0.2, 0) is 6.42 Å². The van der Waals surface area contributed by atoms with Gasteiger partial charge < -0.3 is 11.1 Å². The number of rotatable bonds is 2. The minimum atomic E-state index is 0.169. The predicted octanol–water partition coefficient (Wildman–Crippen LogP) is 2.73. The molecule has 5 heteroatoms. The summed E-state index contributed by atoms with van der Waals surface area (Å²) in [6, 6.07) is 9.96. The molecule has 0 saturated heterocycles. The van der Waals surface area contributed by atoms with Crippen LogP contribution in [0.25, 0.3) is 0 Å². The smallest absolute Gasteiger partial charge is 0.224 e. The van der Waals surface area contributed by atoms with Crippen LogP contribution in [0.4, 0.5) is 11.6 Å². The predicted molar refractivity (Wildman–Crippen MR) is 81.6 cm³/mol. The molecule has 1 aromatic carbocycles. The van der Waals surface area contributed by atoms with Gasteiger partial charge in [-0.15, -0.1) is 0 Å². The number of hydrogen-bond acceptors (Lipinski definition) is 5. The molecule has 1 aliphatic carbocycles. The Hall–Kier alpha value is -2.61. The van der Waals surface area contributed by atoms with Crippen molar-refractivity contribution in [2.75, 3.05) is 11.1 Å². The summed E-state index contributed by atoms with van der Waals surface area (Å²) < 4.78 is 0. The van der Waals surface area contributed by atoms with Gasteiger partial charge in [0.15, 0.2) is 0 Å². The van der Waals surface area contributed by atoms with Crippen molar-refractivity contribution in [1.82, 2.24) is 9.97 Å². The maximum Gasteiger partial charge on any atom is 0.224 e. The van der Waals surface area contributed by atoms with Gasteiger partial charge in [0.2, 0.25) is 5.95 Å². The molecule has 2 aromatic rings. The molecule has 106 valence electrons. The average Bonchev–Trinajstić information content (AvgIpc) is 2.46. The van der Waals surface area contributed by atoms with Crippen molar-refractivity contribution in [3.8, 4) is 6.07 Å². The lowest BCUT2D eigenvalue weighted by molar-refractivity contribution is 0.596. The Balaban J connectivity index is 1.90. The number of benzene rings is 1. The molecular weight excluding hydrogens is 262 g/mol. The van der Waals surface area contributed by atoms with E-state index in [1.165, 1.54) is 11.1 Å². The maximum absolute atomic E-state index is 9.00. The van der Waals surface area contributed by atoms with Crippen molar-refractivity contribution in [1.29, 1.82) is 5.26 Å². The molecule has 0 aliphatic heterocycles. The molecule has 1 unspecified atom stereocenters. The first-order valence-corrected chi connectivity index (χ1v) is 7.06. The third-order valence-corrected chi connectivity index (χ3v) is 3.75. The van der Waals surface area contributed by atoms with Crippen LogP contribution in [0.15, 0.2) is 24.3 Å². The number of hydrogen-bond donors (Lipinski definition) is 2. The van der Waals surface area contributed by atoms with Crippen LogP contribution in [-0.4, -0.2) is 9.97 Å². The van der Waals surface area contributed by atoms with Crippen LogP contribution >= 0.6 is 0 Å². The van der Waals surface area contributed by atoms with E-state index >= 15 is 0 Å². The average molecular weight is 279 g/mol. The van der Waals surface area contributed by atoms with E-state index in [0.29, 0.717) is 11.6 Å². The molecule has 21 heavy (non-hydrogen) atoms. The Morgan fingerprint density at radius 1 is 1.33 bits per heavy atom. The highest BCUT2D eigenvalue weighted by Gasteiger charge is 2.21. The number of fused-ring (bicyclic) bond motifs is 1. The molecular formula is C16H17N5. The first kappa shape index (κ1) is 13.4. The van der Waals surface area contributed by atoms with E-state index in [4.69, 9.17) is 11.0 Å². The van der Waals surface area contributed by atoms with E-state index in [9.17, 15) is 0 Å². The quantitative estimate of drug-likeness (QED) is 0.825. The van der Waals surface area contributed by atoms with Gasteiger partial charge in [-0.1, -0.05) is 6.07 Å². The molecule has 1 atom stereocenters. The number of aryl methyl sites for hydroxylation is 2. The molecule has 1 aromatic heterocycles. The summed E-state index contributed by atoms with van der Waals surface area (Å²) in [6.07, 6.45) is 3.18. The number of aromatic nitrogens is 2. The van der Waals surface area contributed by atoms with Crippen LogP contribution in [0.2, 0.25) is 0 Å². The monoisotopic (exact) mass is 279 g/mol. The Morgan fingerprint density at radius 2 is 2.19 bits per heavy atom. The minimum absolute atomic E-state index is 0.169. The van der Waals surface area contributed by atoms with Gasteiger partial charge in [-0.2, -0.15) is 5.26 Å². The number of nitrogens with zero attached hydrogens (tertiary/aromatic N) is 3. The van der Waals surface area contributed by atoms with Gasteiger partial charge in [0.25, 0.3) is 0 Å². The van der Waals surface area contributed by atoms with Crippen molar-refractivity contribution in [2.24, 2.45) is 0 Å². The fourth-order valence-electron chi connectivity index (χ4n) is 2.83. The lowest BCUT2D eigenvalue weighted by Crippen LogP contribution is -2.19. The molecule has 3 rings (SSSR count). The molecule has 3 N–H and O–H groups in total. The summed E-state index contributed by atoms with van der Waals surface area (Å²) in [4.78, 5) is 8.60. The molecule has 1 aliphatic rings. The molecule has 0 fully saturated rings. The van der Waals surface area contributed by atoms with Crippen molar-refractivity contribution < 1.29 is 0 Å². The molecule has 0 radical (unpaired) electrons. The van der Waals surface area contributed by atoms with Crippen LogP contribution in [0.5, 0.6) is 0 Å². The first-order valence-electron chi connectivity index (χ1n) is 7.06. The Morgan fingerprint density at radius 3 is 3.00 bits per heavy atom. The van der Waals surface area contributed by atoms with Crippen LogP contribution in [0.1, 0.15) is 41.4 Å². The van der Waals surface area contributed by atoms with E-state index in [2.05, 4.69) is 27.4 Å². The number of nitriles is 1. The van der Waals surface area contributed by atoms with Crippen molar-refractivity contribution >= 4 is 11.6 Å². The lowest BCUT2D eigenvalue weighted by atomic mass is 9.87. The van der Waals surface area contributed by atoms with E-state index < -0.39 is 0 Å². The van der Waals surface area contributed by atoms with Gasteiger partial charge in [-0.05, 0) is 55.5 Å². The first-order chi connectivity index (χ1) is 10.2. The standard InChI is InChI=1S/C16H17N5/c1-10-7-13(9-17)20-16(19-10)21-15-4-2-3-11-8-12(18)5-6-14(11)15/h5-8,15H,2-4,18H2,1H3,(H,19,20,21). The van der Waals surface area contributed by atoms with Crippen molar-refractivity contribution in [2.45, 2.75) is 32.2 Å². The zero-order chi connectivity index (χ0) is 14.8. The summed E-state index contributed by atoms with van der Waals surface area (Å²) in [7, 11) is 0. The molecule has 0 saturated carbocycles. The largest absolute Gasteiger partial charge is 0.399 e. The number of nitrogens with two attached hydrogens (primary N) is 1. The van der Waals surface area contributed by atoms with E-state index in [1.807, 2.05) is 19.1 Å². The summed E-state index contributed by atoms with van der Waals surface area (Å²) in [5.74, 6) is 0.515. The van der Waals surface area contributed by atoms with Crippen molar-refractivity contribution in [3.05, 3.63) is 46.8 Å². The topological polar surface area (TPSA) is 87.6 Å². The summed E-state index contributed by atoms with van der Waals surface area (Å²) >= 11 is 0. The maximum atomic E-state index is 9.00. The van der Waals surface area contributed by atoms with Crippen molar-refractivity contribution in [3.63, 3.8) is 0 Å². The molecule has 0 spiro atoms. The lowest BCUT2D eigenvalue weighted by Gasteiger charge is -2.26. The number of anilines is 2. The Bertz CT molecular complexity index is 717. The van der Waals surface area contributed by atoms with Gasteiger partial charge in [0, 0.05) is 11.4 Å². The van der Waals surface area contributed by atoms with Crippen LogP contribution in [0, 0.1) is 18.3 Å². The zero-order valence-corrected chi connectivity index (χ0v) is 11.9. The Labute approximate surface area is 123 Å². The minimum Gasteiger partial charge on any atom is -0.399 e. The molecule has 0 amide bonds. The second-order valence-electron chi connectivity index (χ2n) is 5.38. The van der Waals surface area contributed by atoms with E-state index in [-0.39, 0.29) is 6.04 Å². The summed E-state index contributed by atoms with van der Waals surface area (Å²) in [6.45, 7) is 1.86. The van der Waals surface area contributed by atoms with Crippen LogP contribution < -0.4 is 11.1 Å². The molecule has 1 heterocycles. The summed E-state index contributed by atoms with van der Waals surface area (Å²) in [5.41, 5.74) is 10.4. The fraction of sp³-hybridized carbons (Fsp3) is 0.312. The van der Waals surface area contributed by atoms with Gasteiger partial charge in [-0.25, -0.2) is 9.97 Å². The van der Waals surface area contributed by atoms with Gasteiger partial charge >= 0.3 is 0 Å². The van der Waals surface area contributed by atoms with Gasteiger partial charge in [-0.3, -0.25) is 0 Å². The highest BCUT2D eigenvalue weighted by Crippen LogP contribution is 2.32. The molecule has 5 nitrogen and oxygen atoms in total. The van der Waals surface area contributed by atoms with Gasteiger partial charge in [0.1, 0.15) is 11.8 Å². The third kappa shape index (κ3) is 2.79. The van der Waals surface area contributed by atoms with E-state index in [0.717, 1.165) is 30.6 Å². The summed E-state index contributed by atoms with van der Waals surface area (Å²) in [5, 5.41) is 12.4. The Kier molecular flexibility index (Phi) is 3.44.